The van der Waals surface area contributed by atoms with E-state index >= 15 is 0 Å². The second-order valence-corrected chi connectivity index (χ2v) is 9.40. The molecule has 0 saturated heterocycles. The Labute approximate surface area is 163 Å². The first-order valence-electron chi connectivity index (χ1n) is 10.7. The van der Waals surface area contributed by atoms with Crippen LogP contribution in [-0.4, -0.2) is 43.1 Å². The summed E-state index contributed by atoms with van der Waals surface area (Å²) in [6.45, 7) is 6.21. The Morgan fingerprint density at radius 3 is 2.33 bits per heavy atom. The number of benzene rings is 1. The van der Waals surface area contributed by atoms with Crippen LogP contribution in [-0.2, 0) is 4.74 Å². The standard InChI is InChI=1S/C23H35NO3/c1-16-3-4-22(7-17(16)2)27-6-5-26-15-21(25)14-24-23-11-18-8-19(12-23)10-20(9-18)13-23/h3-4,7,18-21,24-25H,5-6,8-15H2,1-2H3. The van der Waals surface area contributed by atoms with Crippen molar-refractivity contribution < 1.29 is 14.6 Å². The summed E-state index contributed by atoms with van der Waals surface area (Å²) in [6.07, 6.45) is 7.86. The molecule has 5 rings (SSSR count). The fraction of sp³-hybridized carbons (Fsp3) is 0.739. The van der Waals surface area contributed by atoms with Gasteiger partial charge in [0, 0.05) is 12.1 Å². The van der Waals surface area contributed by atoms with Gasteiger partial charge in [0.15, 0.2) is 0 Å². The average molecular weight is 374 g/mol. The number of β-amino-alcohol motifs (C(OH)–C–C–N with tert-alkyl or cyclic N) is 1. The molecule has 1 aromatic carbocycles. The van der Waals surface area contributed by atoms with Crippen molar-refractivity contribution >= 4 is 0 Å². The third kappa shape index (κ3) is 4.67. The van der Waals surface area contributed by atoms with Crippen molar-refractivity contribution in [2.24, 2.45) is 17.8 Å². The van der Waals surface area contributed by atoms with Gasteiger partial charge in [0.05, 0.1) is 19.3 Å². The Hall–Kier alpha value is -1.10. The molecule has 0 amide bonds. The maximum Gasteiger partial charge on any atom is 0.119 e. The molecule has 4 aliphatic rings. The lowest BCUT2D eigenvalue weighted by Gasteiger charge is -2.57. The molecular weight excluding hydrogens is 338 g/mol. The van der Waals surface area contributed by atoms with Crippen molar-refractivity contribution in [1.29, 1.82) is 0 Å². The van der Waals surface area contributed by atoms with Crippen molar-refractivity contribution in [1.82, 2.24) is 5.32 Å². The summed E-state index contributed by atoms with van der Waals surface area (Å²) in [4.78, 5) is 0. The third-order valence-electron chi connectivity index (χ3n) is 7.04. The molecule has 4 heteroatoms. The Bertz CT molecular complexity index is 609. The number of aryl methyl sites for hydroxylation is 2. The number of ether oxygens (including phenoxy) is 2. The average Bonchev–Trinajstić information content (AvgIpc) is 2.62. The first-order chi connectivity index (χ1) is 13.0. The Morgan fingerprint density at radius 1 is 1.04 bits per heavy atom. The van der Waals surface area contributed by atoms with Crippen LogP contribution in [0.1, 0.15) is 49.7 Å². The van der Waals surface area contributed by atoms with Gasteiger partial charge in [-0.25, -0.2) is 0 Å². The number of rotatable bonds is 9. The van der Waals surface area contributed by atoms with E-state index in [9.17, 15) is 5.11 Å². The molecule has 150 valence electrons. The minimum Gasteiger partial charge on any atom is -0.491 e. The van der Waals surface area contributed by atoms with Crippen LogP contribution in [0.5, 0.6) is 5.75 Å². The number of hydrogen-bond acceptors (Lipinski definition) is 4. The van der Waals surface area contributed by atoms with Crippen LogP contribution in [0, 0.1) is 31.6 Å². The fourth-order valence-electron chi connectivity index (χ4n) is 5.96. The van der Waals surface area contributed by atoms with E-state index in [1.807, 2.05) is 6.07 Å². The maximum atomic E-state index is 10.3. The van der Waals surface area contributed by atoms with Gasteiger partial charge in [-0.3, -0.25) is 0 Å². The molecule has 27 heavy (non-hydrogen) atoms. The van der Waals surface area contributed by atoms with Crippen LogP contribution in [0.25, 0.3) is 0 Å². The first kappa shape index (κ1) is 19.2. The monoisotopic (exact) mass is 373 g/mol. The molecule has 4 saturated carbocycles. The van der Waals surface area contributed by atoms with Crippen LogP contribution in [0.4, 0.5) is 0 Å². The molecule has 1 atom stereocenters. The molecule has 4 bridgehead atoms. The zero-order chi connectivity index (χ0) is 18.9. The minimum atomic E-state index is -0.445. The highest BCUT2D eigenvalue weighted by Gasteiger charge is 2.50. The SMILES string of the molecule is Cc1ccc(OCCOCC(O)CNC23CC4CC(CC(C4)C2)C3)cc1C. The molecule has 4 aliphatic carbocycles. The Balaban J connectivity index is 1.12. The van der Waals surface area contributed by atoms with E-state index in [0.29, 0.717) is 31.9 Å². The Kier molecular flexibility index (Phi) is 5.77. The highest BCUT2D eigenvalue weighted by atomic mass is 16.5. The van der Waals surface area contributed by atoms with E-state index in [4.69, 9.17) is 9.47 Å². The zero-order valence-corrected chi connectivity index (χ0v) is 16.9. The predicted molar refractivity (Wildman–Crippen MR) is 107 cm³/mol. The summed E-state index contributed by atoms with van der Waals surface area (Å²) >= 11 is 0. The third-order valence-corrected chi connectivity index (χ3v) is 7.04. The van der Waals surface area contributed by atoms with Crippen LogP contribution in [0.3, 0.4) is 0 Å². The van der Waals surface area contributed by atoms with Gasteiger partial charge < -0.3 is 19.9 Å². The number of aliphatic hydroxyl groups excluding tert-OH is 1. The van der Waals surface area contributed by atoms with Gasteiger partial charge in [-0.15, -0.1) is 0 Å². The highest BCUT2D eigenvalue weighted by Crippen LogP contribution is 2.55. The number of hydrogen-bond donors (Lipinski definition) is 2. The van der Waals surface area contributed by atoms with E-state index in [-0.39, 0.29) is 0 Å². The van der Waals surface area contributed by atoms with Gasteiger partial charge in [0.25, 0.3) is 0 Å². The van der Waals surface area contributed by atoms with E-state index in [0.717, 1.165) is 23.5 Å². The maximum absolute atomic E-state index is 10.3. The molecule has 1 unspecified atom stereocenters. The van der Waals surface area contributed by atoms with Crippen molar-refractivity contribution in [2.75, 3.05) is 26.4 Å². The number of nitrogens with one attached hydrogen (secondary N) is 1. The second kappa shape index (κ2) is 8.10. The van der Waals surface area contributed by atoms with Gasteiger partial charge in [-0.2, -0.15) is 0 Å². The molecule has 0 aliphatic heterocycles. The van der Waals surface area contributed by atoms with Crippen molar-refractivity contribution in [3.05, 3.63) is 29.3 Å². The van der Waals surface area contributed by atoms with E-state index in [1.54, 1.807) is 0 Å². The van der Waals surface area contributed by atoms with Gasteiger partial charge in [-0.05, 0) is 93.4 Å². The molecule has 1 aromatic rings. The lowest BCUT2D eigenvalue weighted by molar-refractivity contribution is -0.0318. The minimum absolute atomic E-state index is 0.308. The molecule has 0 aromatic heterocycles. The molecular formula is C23H35NO3. The smallest absolute Gasteiger partial charge is 0.119 e. The van der Waals surface area contributed by atoms with E-state index in [2.05, 4.69) is 31.3 Å². The van der Waals surface area contributed by atoms with Gasteiger partial charge in [0.1, 0.15) is 12.4 Å². The summed E-state index contributed by atoms with van der Waals surface area (Å²) in [5, 5.41) is 14.0. The summed E-state index contributed by atoms with van der Waals surface area (Å²) in [5.74, 6) is 3.67. The molecule has 0 spiro atoms. The molecule has 4 nitrogen and oxygen atoms in total. The van der Waals surface area contributed by atoms with Crippen LogP contribution in [0.15, 0.2) is 18.2 Å². The van der Waals surface area contributed by atoms with Crippen LogP contribution >= 0.6 is 0 Å². The van der Waals surface area contributed by atoms with E-state index < -0.39 is 6.10 Å². The summed E-state index contributed by atoms with van der Waals surface area (Å²) < 4.78 is 11.4. The molecule has 4 fully saturated rings. The largest absolute Gasteiger partial charge is 0.491 e. The van der Waals surface area contributed by atoms with E-state index in [1.165, 1.54) is 49.7 Å². The van der Waals surface area contributed by atoms with Gasteiger partial charge >= 0.3 is 0 Å². The van der Waals surface area contributed by atoms with Crippen LogP contribution in [0.2, 0.25) is 0 Å². The van der Waals surface area contributed by atoms with Gasteiger partial charge in [0.2, 0.25) is 0 Å². The molecule has 0 radical (unpaired) electrons. The normalized spacial score (nSPS) is 32.6. The quantitative estimate of drug-likeness (QED) is 0.649. The van der Waals surface area contributed by atoms with Crippen molar-refractivity contribution in [3.63, 3.8) is 0 Å². The summed E-state index contributed by atoms with van der Waals surface area (Å²) in [5.41, 5.74) is 2.81. The lowest BCUT2D eigenvalue weighted by Crippen LogP contribution is -2.59. The predicted octanol–water partition coefficient (Wildman–Crippen LogP) is 3.62. The molecule has 2 N–H and O–H groups in total. The lowest BCUT2D eigenvalue weighted by atomic mass is 9.53. The molecule has 0 heterocycles. The fourth-order valence-corrected chi connectivity index (χ4v) is 5.96. The van der Waals surface area contributed by atoms with Crippen molar-refractivity contribution in [3.8, 4) is 5.75 Å². The Morgan fingerprint density at radius 2 is 1.70 bits per heavy atom. The number of aliphatic hydroxyl groups is 1. The van der Waals surface area contributed by atoms with Crippen LogP contribution < -0.4 is 10.1 Å². The summed E-state index contributed by atoms with van der Waals surface area (Å²) in [7, 11) is 0. The zero-order valence-electron chi connectivity index (χ0n) is 16.9. The second-order valence-electron chi connectivity index (χ2n) is 9.40. The highest BCUT2D eigenvalue weighted by molar-refractivity contribution is 5.33. The topological polar surface area (TPSA) is 50.7 Å². The van der Waals surface area contributed by atoms with Crippen molar-refractivity contribution in [2.45, 2.75) is 64.0 Å². The first-order valence-corrected chi connectivity index (χ1v) is 10.7. The van der Waals surface area contributed by atoms with Gasteiger partial charge in [-0.1, -0.05) is 6.07 Å². The summed E-state index contributed by atoms with van der Waals surface area (Å²) in [6, 6.07) is 6.12.